The highest BCUT2D eigenvalue weighted by molar-refractivity contribution is 7.92. The Kier molecular flexibility index (Phi) is 7.79. The van der Waals surface area contributed by atoms with Gasteiger partial charge in [0.2, 0.25) is 5.91 Å². The van der Waals surface area contributed by atoms with Gasteiger partial charge in [0.15, 0.2) is 0 Å². The minimum absolute atomic E-state index is 0.0996. The number of ether oxygens (including phenoxy) is 1. The molecule has 0 aliphatic carbocycles. The van der Waals surface area contributed by atoms with Gasteiger partial charge < -0.3 is 10.1 Å². The van der Waals surface area contributed by atoms with Gasteiger partial charge in [-0.15, -0.1) is 0 Å². The van der Waals surface area contributed by atoms with Crippen molar-refractivity contribution in [2.24, 2.45) is 0 Å². The number of sulfonamides is 1. The summed E-state index contributed by atoms with van der Waals surface area (Å²) in [7, 11) is -3.71. The van der Waals surface area contributed by atoms with E-state index in [1.807, 2.05) is 0 Å². The van der Waals surface area contributed by atoms with Gasteiger partial charge in [0.1, 0.15) is 5.75 Å². The van der Waals surface area contributed by atoms with E-state index in [1.54, 1.807) is 60.7 Å². The fourth-order valence-electron chi connectivity index (χ4n) is 2.67. The van der Waals surface area contributed by atoms with E-state index in [-0.39, 0.29) is 17.2 Å². The number of benzene rings is 3. The van der Waals surface area contributed by atoms with Gasteiger partial charge in [-0.2, -0.15) is 0 Å². The van der Waals surface area contributed by atoms with Gasteiger partial charge in [0.25, 0.3) is 10.0 Å². The SMILES string of the molecule is O=C(CCCOc1ccc(Cl)cc1Cl)Nc1ccc(S(=O)(=O)Nc2ccccc2)cc1. The van der Waals surface area contributed by atoms with Gasteiger partial charge in [0, 0.05) is 22.8 Å². The van der Waals surface area contributed by atoms with Crippen LogP contribution in [0.4, 0.5) is 11.4 Å². The Labute approximate surface area is 191 Å². The van der Waals surface area contributed by atoms with Crippen molar-refractivity contribution in [3.63, 3.8) is 0 Å². The first kappa shape index (κ1) is 22.9. The van der Waals surface area contributed by atoms with Crippen LogP contribution in [-0.4, -0.2) is 20.9 Å². The third-order valence-electron chi connectivity index (χ3n) is 4.17. The predicted octanol–water partition coefficient (Wildman–Crippen LogP) is 5.59. The molecule has 162 valence electrons. The first-order valence-corrected chi connectivity index (χ1v) is 11.6. The Morgan fingerprint density at radius 3 is 2.29 bits per heavy atom. The van der Waals surface area contributed by atoms with E-state index in [4.69, 9.17) is 27.9 Å². The van der Waals surface area contributed by atoms with Crippen molar-refractivity contribution in [1.82, 2.24) is 0 Å². The third kappa shape index (κ3) is 6.89. The van der Waals surface area contributed by atoms with Crippen molar-refractivity contribution >= 4 is 50.5 Å². The van der Waals surface area contributed by atoms with Crippen molar-refractivity contribution in [3.8, 4) is 5.75 Å². The van der Waals surface area contributed by atoms with Crippen LogP contribution in [0.25, 0.3) is 0 Å². The minimum atomic E-state index is -3.71. The highest BCUT2D eigenvalue weighted by Gasteiger charge is 2.14. The van der Waals surface area contributed by atoms with Gasteiger partial charge in [0.05, 0.1) is 16.5 Å². The monoisotopic (exact) mass is 478 g/mol. The van der Waals surface area contributed by atoms with Crippen molar-refractivity contribution in [2.45, 2.75) is 17.7 Å². The van der Waals surface area contributed by atoms with Crippen LogP contribution in [0.2, 0.25) is 10.0 Å². The zero-order valence-corrected chi connectivity index (χ0v) is 18.7. The summed E-state index contributed by atoms with van der Waals surface area (Å²) in [4.78, 5) is 12.2. The van der Waals surface area contributed by atoms with Crippen LogP contribution in [0.15, 0.2) is 77.7 Å². The smallest absolute Gasteiger partial charge is 0.261 e. The van der Waals surface area contributed by atoms with E-state index in [0.29, 0.717) is 40.2 Å². The molecular weight excluding hydrogens is 459 g/mol. The average molecular weight is 479 g/mol. The second kappa shape index (κ2) is 10.5. The average Bonchev–Trinajstić information content (AvgIpc) is 2.73. The molecular formula is C22H20Cl2N2O4S. The summed E-state index contributed by atoms with van der Waals surface area (Å²) in [6.45, 7) is 0.317. The van der Waals surface area contributed by atoms with Crippen molar-refractivity contribution in [3.05, 3.63) is 82.8 Å². The van der Waals surface area contributed by atoms with Crippen LogP contribution in [0.1, 0.15) is 12.8 Å². The summed E-state index contributed by atoms with van der Waals surface area (Å²) < 4.78 is 32.9. The first-order chi connectivity index (χ1) is 14.8. The molecule has 0 heterocycles. The molecule has 0 spiro atoms. The van der Waals surface area contributed by atoms with E-state index in [1.165, 1.54) is 12.1 Å². The summed E-state index contributed by atoms with van der Waals surface area (Å²) >= 11 is 11.9. The van der Waals surface area contributed by atoms with E-state index in [0.717, 1.165) is 0 Å². The molecule has 0 saturated heterocycles. The molecule has 3 aromatic rings. The highest BCUT2D eigenvalue weighted by Crippen LogP contribution is 2.27. The molecule has 0 aromatic heterocycles. The molecule has 9 heteroatoms. The molecule has 3 rings (SSSR count). The third-order valence-corrected chi connectivity index (χ3v) is 6.10. The zero-order valence-electron chi connectivity index (χ0n) is 16.3. The van der Waals surface area contributed by atoms with Crippen LogP contribution in [0, 0.1) is 0 Å². The topological polar surface area (TPSA) is 84.5 Å². The van der Waals surface area contributed by atoms with Gasteiger partial charge in [-0.05, 0) is 61.0 Å². The molecule has 0 aliphatic rings. The van der Waals surface area contributed by atoms with E-state index in [9.17, 15) is 13.2 Å². The maximum atomic E-state index is 12.4. The number of amides is 1. The number of anilines is 2. The summed E-state index contributed by atoms with van der Waals surface area (Å²) in [6.07, 6.45) is 0.721. The van der Waals surface area contributed by atoms with Gasteiger partial charge in [-0.25, -0.2) is 8.42 Å². The fourth-order valence-corrected chi connectivity index (χ4v) is 4.19. The van der Waals surface area contributed by atoms with Crippen LogP contribution < -0.4 is 14.8 Å². The molecule has 1 amide bonds. The lowest BCUT2D eigenvalue weighted by Crippen LogP contribution is -2.14. The second-order valence-electron chi connectivity index (χ2n) is 6.57. The molecule has 2 N–H and O–H groups in total. The van der Waals surface area contributed by atoms with Gasteiger partial charge in [-0.1, -0.05) is 41.4 Å². The largest absolute Gasteiger partial charge is 0.492 e. The molecule has 3 aromatic carbocycles. The van der Waals surface area contributed by atoms with E-state index >= 15 is 0 Å². The number of carbonyl (C=O) groups is 1. The molecule has 0 radical (unpaired) electrons. The number of para-hydroxylation sites is 1. The molecule has 0 fully saturated rings. The summed E-state index contributed by atoms with van der Waals surface area (Å²) in [5.74, 6) is 0.302. The van der Waals surface area contributed by atoms with Gasteiger partial charge in [-0.3, -0.25) is 9.52 Å². The Hall–Kier alpha value is -2.74. The number of carbonyl (C=O) groups excluding carboxylic acids is 1. The molecule has 31 heavy (non-hydrogen) atoms. The lowest BCUT2D eigenvalue weighted by atomic mass is 10.2. The molecule has 0 atom stereocenters. The predicted molar refractivity (Wildman–Crippen MR) is 124 cm³/mol. The first-order valence-electron chi connectivity index (χ1n) is 9.39. The highest BCUT2D eigenvalue weighted by atomic mass is 35.5. The van der Waals surface area contributed by atoms with E-state index < -0.39 is 10.0 Å². The van der Waals surface area contributed by atoms with Crippen molar-refractivity contribution in [2.75, 3.05) is 16.6 Å². The number of hydrogen-bond donors (Lipinski definition) is 2. The Morgan fingerprint density at radius 1 is 0.903 bits per heavy atom. The molecule has 0 aliphatic heterocycles. The van der Waals surface area contributed by atoms with Crippen LogP contribution >= 0.6 is 23.2 Å². The molecule has 0 bridgehead atoms. The number of hydrogen-bond acceptors (Lipinski definition) is 4. The standard InChI is InChI=1S/C22H20Cl2N2O4S/c23-16-8-13-21(20(24)15-16)30-14-4-7-22(27)25-17-9-11-19(12-10-17)31(28,29)26-18-5-2-1-3-6-18/h1-3,5-6,8-13,15,26H,4,7,14H2,(H,25,27). The maximum absolute atomic E-state index is 12.4. The van der Waals surface area contributed by atoms with Crippen LogP contribution in [0.3, 0.4) is 0 Å². The molecule has 0 unspecified atom stereocenters. The number of halogens is 2. The molecule has 6 nitrogen and oxygen atoms in total. The van der Waals surface area contributed by atoms with Gasteiger partial charge >= 0.3 is 0 Å². The summed E-state index contributed by atoms with van der Waals surface area (Å²) in [6, 6.07) is 19.5. The molecule has 0 saturated carbocycles. The second-order valence-corrected chi connectivity index (χ2v) is 9.10. The Morgan fingerprint density at radius 2 is 1.61 bits per heavy atom. The Balaban J connectivity index is 1.47. The number of rotatable bonds is 9. The lowest BCUT2D eigenvalue weighted by molar-refractivity contribution is -0.116. The minimum Gasteiger partial charge on any atom is -0.492 e. The van der Waals surface area contributed by atoms with Crippen molar-refractivity contribution < 1.29 is 17.9 Å². The zero-order chi connectivity index (χ0) is 22.3. The van der Waals surface area contributed by atoms with E-state index in [2.05, 4.69) is 10.0 Å². The van der Waals surface area contributed by atoms with Crippen LogP contribution in [0.5, 0.6) is 5.75 Å². The normalized spacial score (nSPS) is 11.0. The van der Waals surface area contributed by atoms with Crippen molar-refractivity contribution in [1.29, 1.82) is 0 Å². The van der Waals surface area contributed by atoms with Crippen LogP contribution in [-0.2, 0) is 14.8 Å². The summed E-state index contributed by atoms with van der Waals surface area (Å²) in [5, 5.41) is 3.67. The fraction of sp³-hybridized carbons (Fsp3) is 0.136. The Bertz CT molecular complexity index is 1140. The quantitative estimate of drug-likeness (QED) is 0.392. The number of nitrogens with one attached hydrogen (secondary N) is 2. The maximum Gasteiger partial charge on any atom is 0.261 e. The summed E-state index contributed by atoms with van der Waals surface area (Å²) in [5.41, 5.74) is 0.979. The lowest BCUT2D eigenvalue weighted by Gasteiger charge is -2.10.